The minimum Gasteiger partial charge on any atom is -0.497 e. The third-order valence-electron chi connectivity index (χ3n) is 11.3. The summed E-state index contributed by atoms with van der Waals surface area (Å²) in [7, 11) is 1.69. The van der Waals surface area contributed by atoms with Gasteiger partial charge in [0.1, 0.15) is 5.75 Å². The number of rotatable bonds is 2. The average Bonchev–Trinajstić information content (AvgIpc) is 3.61. The van der Waals surface area contributed by atoms with Crippen molar-refractivity contribution in [3.63, 3.8) is 0 Å². The summed E-state index contributed by atoms with van der Waals surface area (Å²) in [6.45, 7) is 7.37. The van der Waals surface area contributed by atoms with E-state index in [9.17, 15) is 5.11 Å². The average molecular weight is 497 g/mol. The number of fused-ring (bicyclic) bond motifs is 6. The van der Waals surface area contributed by atoms with Crippen molar-refractivity contribution in [3.8, 4) is 5.75 Å². The van der Waals surface area contributed by atoms with Gasteiger partial charge in [0.2, 0.25) is 0 Å². The number of aliphatic hydroxyl groups is 1. The van der Waals surface area contributed by atoms with Gasteiger partial charge in [0, 0.05) is 30.6 Å². The van der Waals surface area contributed by atoms with Crippen LogP contribution in [0, 0.1) is 28.6 Å². The van der Waals surface area contributed by atoms with Gasteiger partial charge >= 0.3 is 0 Å². The molecule has 6 atom stereocenters. The lowest BCUT2D eigenvalue weighted by molar-refractivity contribution is -0.281. The van der Waals surface area contributed by atoms with Crippen molar-refractivity contribution >= 4 is 0 Å². The molecule has 0 aromatic heterocycles. The zero-order chi connectivity index (χ0) is 24.8. The molecule has 3 saturated carbocycles. The molecule has 2 spiro atoms. The summed E-state index contributed by atoms with van der Waals surface area (Å²) in [4.78, 5) is 0. The summed E-state index contributed by atoms with van der Waals surface area (Å²) >= 11 is 0. The zero-order valence-electron chi connectivity index (χ0n) is 21.9. The van der Waals surface area contributed by atoms with Crippen LogP contribution < -0.4 is 4.74 Å². The third-order valence-corrected chi connectivity index (χ3v) is 11.3. The van der Waals surface area contributed by atoms with Gasteiger partial charge in [-0.25, -0.2) is 0 Å². The number of hydrogen-bond donors (Lipinski definition) is 1. The quantitative estimate of drug-likeness (QED) is 0.585. The second-order valence-electron chi connectivity index (χ2n) is 12.7. The van der Waals surface area contributed by atoms with Gasteiger partial charge in [-0.2, -0.15) is 0 Å². The van der Waals surface area contributed by atoms with Crippen LogP contribution in [-0.2, 0) is 24.5 Å². The van der Waals surface area contributed by atoms with Crippen molar-refractivity contribution in [1.82, 2.24) is 0 Å². The first-order chi connectivity index (χ1) is 17.3. The summed E-state index contributed by atoms with van der Waals surface area (Å²) in [5, 5.41) is 13.1. The Kier molecular flexibility index (Phi) is 5.12. The van der Waals surface area contributed by atoms with Gasteiger partial charge in [0.25, 0.3) is 0 Å². The summed E-state index contributed by atoms with van der Waals surface area (Å²) < 4.78 is 30.6. The molecular weight excluding hydrogens is 456 g/mol. The lowest BCUT2D eigenvalue weighted by Crippen LogP contribution is -2.64. The minimum absolute atomic E-state index is 0.103. The fraction of sp³-hybridized carbons (Fsp3) is 0.733. The Morgan fingerprint density at radius 3 is 2.31 bits per heavy atom. The van der Waals surface area contributed by atoms with Crippen LogP contribution in [0.15, 0.2) is 35.9 Å². The topological polar surface area (TPSA) is 66.4 Å². The smallest absolute Gasteiger partial charge is 0.174 e. The molecule has 7 rings (SSSR count). The van der Waals surface area contributed by atoms with E-state index in [0.717, 1.165) is 49.8 Å². The van der Waals surface area contributed by atoms with Crippen LogP contribution in [0.2, 0.25) is 0 Å². The lowest BCUT2D eigenvalue weighted by atomic mass is 9.42. The predicted molar refractivity (Wildman–Crippen MR) is 133 cm³/mol. The van der Waals surface area contributed by atoms with Crippen LogP contribution >= 0.6 is 0 Å². The van der Waals surface area contributed by atoms with Gasteiger partial charge in [0.15, 0.2) is 11.6 Å². The Balaban J connectivity index is 1.36. The van der Waals surface area contributed by atoms with E-state index >= 15 is 0 Å². The molecule has 2 aliphatic heterocycles. The highest BCUT2D eigenvalue weighted by Crippen LogP contribution is 2.73. The van der Waals surface area contributed by atoms with E-state index in [1.165, 1.54) is 5.57 Å². The molecular formula is C30H40O6. The van der Waals surface area contributed by atoms with Crippen molar-refractivity contribution in [1.29, 1.82) is 0 Å². The molecule has 196 valence electrons. The van der Waals surface area contributed by atoms with Crippen LogP contribution in [0.5, 0.6) is 5.75 Å². The van der Waals surface area contributed by atoms with Crippen LogP contribution in [0.4, 0.5) is 0 Å². The Bertz CT molecular complexity index is 1050. The molecule has 6 heteroatoms. The highest BCUT2D eigenvalue weighted by Gasteiger charge is 2.72. The molecule has 1 N–H and O–H groups in total. The summed E-state index contributed by atoms with van der Waals surface area (Å²) in [5.74, 6) is 0.661. The minimum atomic E-state index is -1.01. The molecule has 0 amide bonds. The van der Waals surface area contributed by atoms with Crippen LogP contribution in [0.1, 0.15) is 64.4 Å². The molecule has 2 saturated heterocycles. The number of methoxy groups -OCH3 is 1. The number of benzene rings is 1. The first kappa shape index (κ1) is 23.7. The highest BCUT2D eigenvalue weighted by atomic mass is 16.7. The Morgan fingerprint density at radius 1 is 0.917 bits per heavy atom. The first-order valence-corrected chi connectivity index (χ1v) is 13.9. The number of ether oxygens (including phenoxy) is 5. The lowest BCUT2D eigenvalue weighted by Gasteiger charge is -2.64. The van der Waals surface area contributed by atoms with Gasteiger partial charge in [-0.15, -0.1) is 0 Å². The molecule has 2 heterocycles. The van der Waals surface area contributed by atoms with Crippen LogP contribution in [-0.4, -0.2) is 50.2 Å². The van der Waals surface area contributed by atoms with Gasteiger partial charge in [0.05, 0.1) is 39.1 Å². The number of allylic oxidation sites excluding steroid dienone is 1. The molecule has 0 bridgehead atoms. The molecule has 4 aliphatic carbocycles. The van der Waals surface area contributed by atoms with Crippen molar-refractivity contribution in [2.45, 2.75) is 76.0 Å². The van der Waals surface area contributed by atoms with Crippen LogP contribution in [0.3, 0.4) is 0 Å². The van der Waals surface area contributed by atoms with Gasteiger partial charge in [-0.05, 0) is 60.6 Å². The van der Waals surface area contributed by atoms with E-state index in [-0.39, 0.29) is 16.7 Å². The van der Waals surface area contributed by atoms with E-state index < -0.39 is 17.2 Å². The molecule has 5 fully saturated rings. The molecule has 6 aliphatic rings. The van der Waals surface area contributed by atoms with Crippen LogP contribution in [0.25, 0.3) is 0 Å². The maximum Gasteiger partial charge on any atom is 0.174 e. The standard InChI is InChI=1S/C30H40O6/c1-26-12-13-28(33-14-15-34-28)18-21(26)6-9-23-24-10-11-30(35-16-17-36-30)27(24,2)19-29(31,25(23)26)20-4-7-22(32-3)8-5-20/h4-8,23-25,31H,9-19H2,1-3H3/t23-,24-,25-,26-,27-,29+/m0/s1. The van der Waals surface area contributed by atoms with Crippen molar-refractivity contribution in [3.05, 3.63) is 41.5 Å². The van der Waals surface area contributed by atoms with Crippen molar-refractivity contribution < 1.29 is 28.8 Å². The van der Waals surface area contributed by atoms with Gasteiger partial charge < -0.3 is 28.8 Å². The second kappa shape index (κ2) is 7.79. The third kappa shape index (κ3) is 2.97. The summed E-state index contributed by atoms with van der Waals surface area (Å²) in [6, 6.07) is 8.13. The molecule has 1 aromatic rings. The molecule has 1 aromatic carbocycles. The molecule has 0 radical (unpaired) electrons. The Morgan fingerprint density at radius 2 is 1.61 bits per heavy atom. The van der Waals surface area contributed by atoms with E-state index in [0.29, 0.717) is 44.7 Å². The van der Waals surface area contributed by atoms with E-state index in [2.05, 4.69) is 32.1 Å². The fourth-order valence-corrected chi connectivity index (χ4v) is 9.70. The van der Waals surface area contributed by atoms with E-state index in [4.69, 9.17) is 23.7 Å². The largest absolute Gasteiger partial charge is 0.497 e. The predicted octanol–water partition coefficient (Wildman–Crippen LogP) is 4.94. The second-order valence-corrected chi connectivity index (χ2v) is 12.7. The van der Waals surface area contributed by atoms with Gasteiger partial charge in [-0.3, -0.25) is 0 Å². The zero-order valence-corrected chi connectivity index (χ0v) is 21.9. The fourth-order valence-electron chi connectivity index (χ4n) is 9.70. The maximum absolute atomic E-state index is 13.1. The Hall–Kier alpha value is -1.44. The van der Waals surface area contributed by atoms with Crippen molar-refractivity contribution in [2.24, 2.45) is 28.6 Å². The molecule has 36 heavy (non-hydrogen) atoms. The molecule has 0 unspecified atom stereocenters. The molecule has 6 nitrogen and oxygen atoms in total. The summed E-state index contributed by atoms with van der Waals surface area (Å²) in [6.07, 6.45) is 8.73. The van der Waals surface area contributed by atoms with E-state index in [1.54, 1.807) is 7.11 Å². The monoisotopic (exact) mass is 496 g/mol. The van der Waals surface area contributed by atoms with E-state index in [1.807, 2.05) is 12.1 Å². The SMILES string of the molecule is COc1ccc([C@]2(O)C[C@@]3(C)[C@@H](CCC34OCCO4)[C@@H]3CC=C4CC5(CC[C@]4(C)[C@H]32)OCCO5)cc1. The number of hydrogen-bond acceptors (Lipinski definition) is 6. The summed E-state index contributed by atoms with van der Waals surface area (Å²) in [5.41, 5.74) is 1.01. The van der Waals surface area contributed by atoms with Crippen molar-refractivity contribution in [2.75, 3.05) is 33.5 Å². The maximum atomic E-state index is 13.1. The van der Waals surface area contributed by atoms with Gasteiger partial charge in [-0.1, -0.05) is 37.6 Å². The first-order valence-electron chi connectivity index (χ1n) is 13.9. The highest BCUT2D eigenvalue weighted by molar-refractivity contribution is 5.38. The normalized spacial score (nSPS) is 44.2. The Labute approximate surface area is 214 Å².